The van der Waals surface area contributed by atoms with Crippen molar-refractivity contribution in [3.05, 3.63) is 0 Å². The van der Waals surface area contributed by atoms with Crippen LogP contribution in [-0.2, 0) is 14.2 Å². The van der Waals surface area contributed by atoms with E-state index in [1.54, 1.807) is 7.11 Å². The summed E-state index contributed by atoms with van der Waals surface area (Å²) in [7, 11) is 1.73. The summed E-state index contributed by atoms with van der Waals surface area (Å²) >= 11 is 0. The van der Waals surface area contributed by atoms with Crippen molar-refractivity contribution in [3.8, 4) is 0 Å². The lowest BCUT2D eigenvalue weighted by molar-refractivity contribution is -0.208. The standard InChI is InChI=1S/C11H20O4/c1-13-10(6-7-12)2-4-11(5-3-10)14-8-9-15-11/h12H,2-9H2,1H3. The van der Waals surface area contributed by atoms with Crippen molar-refractivity contribution in [1.82, 2.24) is 0 Å². The maximum atomic E-state index is 9.03. The van der Waals surface area contributed by atoms with Crippen molar-refractivity contribution in [2.24, 2.45) is 0 Å². The second kappa shape index (κ2) is 4.37. The average Bonchev–Trinajstić information content (AvgIpc) is 2.72. The smallest absolute Gasteiger partial charge is 0.168 e. The van der Waals surface area contributed by atoms with Gasteiger partial charge >= 0.3 is 0 Å². The second-order valence-electron chi connectivity index (χ2n) is 4.47. The molecule has 0 aromatic rings. The van der Waals surface area contributed by atoms with Gasteiger partial charge in [0, 0.05) is 26.6 Å². The van der Waals surface area contributed by atoms with Gasteiger partial charge in [0.25, 0.3) is 0 Å². The van der Waals surface area contributed by atoms with Crippen LogP contribution < -0.4 is 0 Å². The Morgan fingerprint density at radius 1 is 1.13 bits per heavy atom. The first-order valence-corrected chi connectivity index (χ1v) is 5.68. The summed E-state index contributed by atoms with van der Waals surface area (Å²) in [5, 5.41) is 9.03. The number of hydrogen-bond acceptors (Lipinski definition) is 4. The summed E-state index contributed by atoms with van der Waals surface area (Å²) in [4.78, 5) is 0. The second-order valence-corrected chi connectivity index (χ2v) is 4.47. The first-order chi connectivity index (χ1) is 7.24. The van der Waals surface area contributed by atoms with Crippen molar-refractivity contribution in [1.29, 1.82) is 0 Å². The normalized spacial score (nSPS) is 28.4. The predicted octanol–water partition coefficient (Wildman–Crippen LogP) is 1.07. The van der Waals surface area contributed by atoms with Gasteiger partial charge in [0.1, 0.15) is 0 Å². The third-order valence-electron chi connectivity index (χ3n) is 3.74. The molecule has 1 saturated heterocycles. The van der Waals surface area contributed by atoms with Gasteiger partial charge in [-0.3, -0.25) is 0 Å². The SMILES string of the molecule is COC1(CCO)CCC2(CC1)OCCO2. The molecule has 1 saturated carbocycles. The largest absolute Gasteiger partial charge is 0.396 e. The van der Waals surface area contributed by atoms with Gasteiger partial charge in [-0.2, -0.15) is 0 Å². The van der Waals surface area contributed by atoms with Crippen molar-refractivity contribution >= 4 is 0 Å². The molecule has 0 atom stereocenters. The van der Waals surface area contributed by atoms with E-state index in [4.69, 9.17) is 19.3 Å². The molecule has 2 fully saturated rings. The monoisotopic (exact) mass is 216 g/mol. The Morgan fingerprint density at radius 3 is 2.20 bits per heavy atom. The lowest BCUT2D eigenvalue weighted by Crippen LogP contribution is -2.45. The lowest BCUT2D eigenvalue weighted by Gasteiger charge is -2.42. The van der Waals surface area contributed by atoms with Gasteiger partial charge < -0.3 is 19.3 Å². The first-order valence-electron chi connectivity index (χ1n) is 5.68. The molecule has 0 aromatic heterocycles. The van der Waals surface area contributed by atoms with E-state index in [1.807, 2.05) is 0 Å². The van der Waals surface area contributed by atoms with E-state index < -0.39 is 0 Å². The Kier molecular flexibility index (Phi) is 3.30. The molecule has 1 spiro atoms. The summed E-state index contributed by atoms with van der Waals surface area (Å²) in [6.07, 6.45) is 4.27. The third kappa shape index (κ3) is 2.18. The molecule has 1 aliphatic heterocycles. The summed E-state index contributed by atoms with van der Waals surface area (Å²) in [5.41, 5.74) is -0.157. The first kappa shape index (κ1) is 11.3. The van der Waals surface area contributed by atoms with Crippen LogP contribution in [0, 0.1) is 0 Å². The van der Waals surface area contributed by atoms with E-state index >= 15 is 0 Å². The highest BCUT2D eigenvalue weighted by atomic mass is 16.7. The van der Waals surface area contributed by atoms with Crippen LogP contribution in [0.5, 0.6) is 0 Å². The van der Waals surface area contributed by atoms with Gasteiger partial charge in [-0.25, -0.2) is 0 Å². The number of ether oxygens (including phenoxy) is 3. The number of rotatable bonds is 3. The summed E-state index contributed by atoms with van der Waals surface area (Å²) in [6.45, 7) is 1.60. The average molecular weight is 216 g/mol. The molecule has 0 radical (unpaired) electrons. The molecule has 0 aromatic carbocycles. The fourth-order valence-corrected chi connectivity index (χ4v) is 2.63. The van der Waals surface area contributed by atoms with Crippen LogP contribution in [0.25, 0.3) is 0 Å². The molecule has 0 amide bonds. The van der Waals surface area contributed by atoms with Gasteiger partial charge in [-0.1, -0.05) is 0 Å². The molecule has 0 bridgehead atoms. The molecule has 0 unspecified atom stereocenters. The predicted molar refractivity (Wildman–Crippen MR) is 54.5 cm³/mol. The quantitative estimate of drug-likeness (QED) is 0.766. The Morgan fingerprint density at radius 2 is 1.73 bits per heavy atom. The minimum atomic E-state index is -0.336. The highest BCUT2D eigenvalue weighted by molar-refractivity contribution is 4.92. The van der Waals surface area contributed by atoms with Gasteiger partial charge in [0.05, 0.1) is 18.8 Å². The van der Waals surface area contributed by atoms with E-state index in [0.29, 0.717) is 19.6 Å². The van der Waals surface area contributed by atoms with E-state index in [0.717, 1.165) is 25.7 Å². The van der Waals surface area contributed by atoms with Crippen LogP contribution in [0.1, 0.15) is 32.1 Å². The maximum Gasteiger partial charge on any atom is 0.168 e. The minimum absolute atomic E-state index is 0.157. The van der Waals surface area contributed by atoms with Crippen LogP contribution in [-0.4, -0.2) is 43.4 Å². The van der Waals surface area contributed by atoms with Gasteiger partial charge in [-0.15, -0.1) is 0 Å². The Hall–Kier alpha value is -0.160. The molecule has 1 heterocycles. The van der Waals surface area contributed by atoms with Crippen LogP contribution in [0.3, 0.4) is 0 Å². The van der Waals surface area contributed by atoms with Crippen molar-refractivity contribution in [3.63, 3.8) is 0 Å². The lowest BCUT2D eigenvalue weighted by atomic mass is 9.79. The number of aliphatic hydroxyl groups is 1. The van der Waals surface area contributed by atoms with E-state index in [2.05, 4.69) is 0 Å². The highest BCUT2D eigenvalue weighted by Gasteiger charge is 2.46. The fraction of sp³-hybridized carbons (Fsp3) is 1.00. The Labute approximate surface area is 90.5 Å². The number of aliphatic hydroxyl groups excluding tert-OH is 1. The maximum absolute atomic E-state index is 9.03. The molecule has 2 aliphatic rings. The van der Waals surface area contributed by atoms with Crippen molar-refractivity contribution in [2.45, 2.75) is 43.5 Å². The zero-order valence-electron chi connectivity index (χ0n) is 9.33. The molecule has 15 heavy (non-hydrogen) atoms. The number of methoxy groups -OCH3 is 1. The highest BCUT2D eigenvalue weighted by Crippen LogP contribution is 2.42. The van der Waals surface area contributed by atoms with E-state index in [9.17, 15) is 0 Å². The van der Waals surface area contributed by atoms with Gasteiger partial charge in [0.15, 0.2) is 5.79 Å². The number of hydrogen-bond donors (Lipinski definition) is 1. The van der Waals surface area contributed by atoms with Gasteiger partial charge in [0.2, 0.25) is 0 Å². The van der Waals surface area contributed by atoms with Crippen molar-refractivity contribution < 1.29 is 19.3 Å². The molecule has 88 valence electrons. The molecule has 2 rings (SSSR count). The molecule has 1 N–H and O–H groups in total. The minimum Gasteiger partial charge on any atom is -0.396 e. The molecule has 4 nitrogen and oxygen atoms in total. The molecule has 1 aliphatic carbocycles. The van der Waals surface area contributed by atoms with E-state index in [-0.39, 0.29) is 18.0 Å². The Balaban J connectivity index is 1.94. The third-order valence-corrected chi connectivity index (χ3v) is 3.74. The summed E-state index contributed by atoms with van der Waals surface area (Å²) < 4.78 is 16.9. The molecular formula is C11H20O4. The molecule has 4 heteroatoms. The van der Waals surface area contributed by atoms with E-state index in [1.165, 1.54) is 0 Å². The topological polar surface area (TPSA) is 47.9 Å². The van der Waals surface area contributed by atoms with Crippen LogP contribution in [0.2, 0.25) is 0 Å². The Bertz CT molecular complexity index is 201. The fourth-order valence-electron chi connectivity index (χ4n) is 2.63. The van der Waals surface area contributed by atoms with Crippen molar-refractivity contribution in [2.75, 3.05) is 26.9 Å². The summed E-state index contributed by atoms with van der Waals surface area (Å²) in [5.74, 6) is -0.336. The van der Waals surface area contributed by atoms with Gasteiger partial charge in [-0.05, 0) is 19.3 Å². The summed E-state index contributed by atoms with van der Waals surface area (Å²) in [6, 6.07) is 0. The zero-order valence-corrected chi connectivity index (χ0v) is 9.33. The molecular weight excluding hydrogens is 196 g/mol. The zero-order chi connectivity index (χ0) is 10.8. The van der Waals surface area contributed by atoms with Crippen LogP contribution in [0.15, 0.2) is 0 Å². The van der Waals surface area contributed by atoms with Crippen LogP contribution in [0.4, 0.5) is 0 Å². The van der Waals surface area contributed by atoms with Crippen LogP contribution >= 0.6 is 0 Å².